The van der Waals surface area contributed by atoms with Gasteiger partial charge in [-0.3, -0.25) is 4.79 Å². The van der Waals surface area contributed by atoms with Crippen molar-refractivity contribution in [2.45, 2.75) is 19.9 Å². The average molecular weight is 411 g/mol. The molecule has 1 amide bonds. The number of nitrogens with zero attached hydrogens (tertiary/aromatic N) is 3. The van der Waals surface area contributed by atoms with E-state index < -0.39 is 0 Å². The third-order valence-corrected chi connectivity index (χ3v) is 5.77. The van der Waals surface area contributed by atoms with Crippen molar-refractivity contribution in [1.82, 2.24) is 14.7 Å². The van der Waals surface area contributed by atoms with E-state index in [0.29, 0.717) is 30.0 Å². The van der Waals surface area contributed by atoms with Gasteiger partial charge in [0.1, 0.15) is 11.5 Å². The predicted molar refractivity (Wildman–Crippen MR) is 119 cm³/mol. The molecule has 31 heavy (non-hydrogen) atoms. The molecular formula is C26H22FN3O. The van der Waals surface area contributed by atoms with E-state index in [1.807, 2.05) is 48.2 Å². The predicted octanol–water partition coefficient (Wildman–Crippen LogP) is 5.19. The molecule has 0 bridgehead atoms. The van der Waals surface area contributed by atoms with Crippen molar-refractivity contribution < 1.29 is 9.18 Å². The Morgan fingerprint density at radius 1 is 0.935 bits per heavy atom. The molecule has 0 N–H and O–H groups in total. The Labute approximate surface area is 180 Å². The van der Waals surface area contributed by atoms with Crippen LogP contribution in [0.1, 0.15) is 27.2 Å². The number of benzene rings is 3. The number of halogens is 1. The Kier molecular flexibility index (Phi) is 4.86. The molecule has 0 radical (unpaired) electrons. The summed E-state index contributed by atoms with van der Waals surface area (Å²) in [6.45, 7) is 3.21. The van der Waals surface area contributed by atoms with Gasteiger partial charge in [0.15, 0.2) is 0 Å². The minimum absolute atomic E-state index is 0.106. The largest absolute Gasteiger partial charge is 0.333 e. The summed E-state index contributed by atoms with van der Waals surface area (Å²) < 4.78 is 16.1. The van der Waals surface area contributed by atoms with Crippen molar-refractivity contribution in [2.24, 2.45) is 0 Å². The van der Waals surface area contributed by atoms with Crippen LogP contribution in [0.2, 0.25) is 0 Å². The Morgan fingerprint density at radius 2 is 1.65 bits per heavy atom. The lowest BCUT2D eigenvalue weighted by Crippen LogP contribution is -2.37. The van der Waals surface area contributed by atoms with Crippen molar-refractivity contribution in [3.8, 4) is 16.9 Å². The minimum atomic E-state index is -0.359. The lowest BCUT2D eigenvalue weighted by molar-refractivity contribution is 0.0725. The standard InChI is InChI=1S/C26H22FN3O/c1-18-10-12-21(13-11-18)30-25(16-24(28-30)22-8-4-5-9-23(22)27)26(31)29-15-14-19-6-2-3-7-20(19)17-29/h2-13,16H,14-15,17H2,1H3. The van der Waals surface area contributed by atoms with Gasteiger partial charge in [-0.05, 0) is 54.8 Å². The maximum atomic E-state index is 14.4. The smallest absolute Gasteiger partial charge is 0.272 e. The van der Waals surface area contributed by atoms with Crippen LogP contribution in [0, 0.1) is 12.7 Å². The first-order valence-electron chi connectivity index (χ1n) is 10.4. The summed E-state index contributed by atoms with van der Waals surface area (Å²) in [5.74, 6) is -0.466. The molecule has 1 aliphatic heterocycles. The van der Waals surface area contributed by atoms with E-state index in [0.717, 1.165) is 23.2 Å². The number of hydrogen-bond acceptors (Lipinski definition) is 2. The summed E-state index contributed by atoms with van der Waals surface area (Å²) in [4.78, 5) is 15.4. The van der Waals surface area contributed by atoms with Crippen molar-refractivity contribution in [3.63, 3.8) is 0 Å². The summed E-state index contributed by atoms with van der Waals surface area (Å²) in [6, 6.07) is 24.2. The number of rotatable bonds is 3. The summed E-state index contributed by atoms with van der Waals surface area (Å²) >= 11 is 0. The molecule has 0 spiro atoms. The maximum Gasteiger partial charge on any atom is 0.272 e. The van der Waals surface area contributed by atoms with Crippen LogP contribution < -0.4 is 0 Å². The summed E-state index contributed by atoms with van der Waals surface area (Å²) in [5.41, 5.74) is 5.59. The van der Waals surface area contributed by atoms with E-state index >= 15 is 0 Å². The number of aromatic nitrogens is 2. The molecule has 3 aromatic carbocycles. The minimum Gasteiger partial charge on any atom is -0.333 e. The normalized spacial score (nSPS) is 13.2. The van der Waals surface area contributed by atoms with Gasteiger partial charge < -0.3 is 4.90 Å². The lowest BCUT2D eigenvalue weighted by Gasteiger charge is -2.29. The van der Waals surface area contributed by atoms with Crippen LogP contribution in [0.25, 0.3) is 16.9 Å². The molecular weight excluding hydrogens is 389 g/mol. The van der Waals surface area contributed by atoms with Crippen molar-refractivity contribution in [1.29, 1.82) is 0 Å². The van der Waals surface area contributed by atoms with E-state index in [9.17, 15) is 9.18 Å². The van der Waals surface area contributed by atoms with Crippen LogP contribution in [0.4, 0.5) is 4.39 Å². The van der Waals surface area contributed by atoms with Gasteiger partial charge in [-0.25, -0.2) is 9.07 Å². The van der Waals surface area contributed by atoms with E-state index in [1.165, 1.54) is 11.6 Å². The fraction of sp³-hybridized carbons (Fsp3) is 0.154. The van der Waals surface area contributed by atoms with Crippen LogP contribution in [0.3, 0.4) is 0 Å². The van der Waals surface area contributed by atoms with Crippen LogP contribution in [0.5, 0.6) is 0 Å². The molecule has 154 valence electrons. The van der Waals surface area contributed by atoms with Crippen LogP contribution in [-0.2, 0) is 13.0 Å². The van der Waals surface area contributed by atoms with Gasteiger partial charge in [0.25, 0.3) is 5.91 Å². The molecule has 0 unspecified atom stereocenters. The van der Waals surface area contributed by atoms with Gasteiger partial charge in [-0.1, -0.05) is 54.1 Å². The molecule has 0 saturated heterocycles. The first-order chi connectivity index (χ1) is 15.1. The molecule has 4 aromatic rings. The van der Waals surface area contributed by atoms with E-state index in [2.05, 4.69) is 17.2 Å². The highest BCUT2D eigenvalue weighted by atomic mass is 19.1. The van der Waals surface area contributed by atoms with E-state index in [4.69, 9.17) is 0 Å². The van der Waals surface area contributed by atoms with Gasteiger partial charge in [-0.15, -0.1) is 0 Å². The number of aryl methyl sites for hydroxylation is 1. The number of hydrogen-bond donors (Lipinski definition) is 0. The third-order valence-electron chi connectivity index (χ3n) is 5.77. The molecule has 0 saturated carbocycles. The Hall–Kier alpha value is -3.73. The van der Waals surface area contributed by atoms with E-state index in [-0.39, 0.29) is 11.7 Å². The second-order valence-corrected chi connectivity index (χ2v) is 7.89. The summed E-state index contributed by atoms with van der Waals surface area (Å²) in [5, 5.41) is 4.63. The van der Waals surface area contributed by atoms with Gasteiger partial charge in [0.05, 0.1) is 11.4 Å². The van der Waals surface area contributed by atoms with Crippen molar-refractivity contribution in [2.75, 3.05) is 6.54 Å². The molecule has 0 atom stereocenters. The van der Waals surface area contributed by atoms with Crippen LogP contribution >= 0.6 is 0 Å². The molecule has 2 heterocycles. The second kappa shape index (κ2) is 7.84. The monoisotopic (exact) mass is 411 g/mol. The van der Waals surface area contributed by atoms with Gasteiger partial charge in [0.2, 0.25) is 0 Å². The molecule has 5 heteroatoms. The zero-order valence-corrected chi connectivity index (χ0v) is 17.3. The topological polar surface area (TPSA) is 38.1 Å². The third kappa shape index (κ3) is 3.63. The first kappa shape index (κ1) is 19.2. The Balaban J connectivity index is 1.57. The van der Waals surface area contributed by atoms with Gasteiger partial charge >= 0.3 is 0 Å². The molecule has 0 aliphatic carbocycles. The fourth-order valence-corrected chi connectivity index (χ4v) is 4.05. The Morgan fingerprint density at radius 3 is 2.42 bits per heavy atom. The maximum absolute atomic E-state index is 14.4. The SMILES string of the molecule is Cc1ccc(-n2nc(-c3ccccc3F)cc2C(=O)N2CCc3ccccc3C2)cc1. The van der Waals surface area contributed by atoms with Gasteiger partial charge in [0, 0.05) is 18.7 Å². The highest BCUT2D eigenvalue weighted by Gasteiger charge is 2.26. The Bertz CT molecular complexity index is 1260. The van der Waals surface area contributed by atoms with Gasteiger partial charge in [-0.2, -0.15) is 5.10 Å². The molecule has 1 aliphatic rings. The first-order valence-corrected chi connectivity index (χ1v) is 10.4. The second-order valence-electron chi connectivity index (χ2n) is 7.89. The number of carbonyl (C=O) groups is 1. The fourth-order valence-electron chi connectivity index (χ4n) is 4.05. The molecule has 0 fully saturated rings. The molecule has 1 aromatic heterocycles. The summed E-state index contributed by atoms with van der Waals surface area (Å²) in [6.07, 6.45) is 0.820. The van der Waals surface area contributed by atoms with Crippen molar-refractivity contribution >= 4 is 5.91 Å². The highest BCUT2D eigenvalue weighted by molar-refractivity contribution is 5.94. The van der Waals surface area contributed by atoms with Crippen molar-refractivity contribution in [3.05, 3.63) is 107 Å². The quantitative estimate of drug-likeness (QED) is 0.466. The van der Waals surface area contributed by atoms with Crippen LogP contribution in [0.15, 0.2) is 78.9 Å². The van der Waals surface area contributed by atoms with E-state index in [1.54, 1.807) is 28.9 Å². The summed E-state index contributed by atoms with van der Waals surface area (Å²) in [7, 11) is 0. The average Bonchev–Trinajstić information content (AvgIpc) is 3.24. The highest BCUT2D eigenvalue weighted by Crippen LogP contribution is 2.27. The molecule has 4 nitrogen and oxygen atoms in total. The van der Waals surface area contributed by atoms with Crippen LogP contribution in [-0.4, -0.2) is 27.1 Å². The number of carbonyl (C=O) groups excluding carboxylic acids is 1. The zero-order chi connectivity index (χ0) is 21.4. The lowest BCUT2D eigenvalue weighted by atomic mass is 9.99. The zero-order valence-electron chi connectivity index (χ0n) is 17.3. The number of fused-ring (bicyclic) bond motifs is 1. The number of amides is 1. The molecule has 5 rings (SSSR count).